The second-order valence-corrected chi connectivity index (χ2v) is 10.8. The number of methoxy groups -OCH3 is 2. The number of ether oxygens (including phenoxy) is 4. The summed E-state index contributed by atoms with van der Waals surface area (Å²) < 4.78 is 21.6. The molecule has 0 atom stereocenters. The van der Waals surface area contributed by atoms with Gasteiger partial charge in [-0.15, -0.1) is 11.3 Å². The number of anilines is 2. The second-order valence-electron chi connectivity index (χ2n) is 7.75. The first-order chi connectivity index (χ1) is 18.7. The van der Waals surface area contributed by atoms with E-state index in [2.05, 4.69) is 31.0 Å². The number of aromatic nitrogens is 1. The van der Waals surface area contributed by atoms with E-state index >= 15 is 0 Å². The van der Waals surface area contributed by atoms with Gasteiger partial charge < -0.3 is 24.3 Å². The highest BCUT2D eigenvalue weighted by Gasteiger charge is 2.16. The molecular weight excluding hydrogens is 631 g/mol. The molecule has 0 aliphatic rings. The number of thiazole rings is 1. The van der Waals surface area contributed by atoms with Gasteiger partial charge in [-0.25, -0.2) is 14.6 Å². The van der Waals surface area contributed by atoms with Gasteiger partial charge in [0.2, 0.25) is 0 Å². The van der Waals surface area contributed by atoms with E-state index in [1.54, 1.807) is 49.6 Å². The summed E-state index contributed by atoms with van der Waals surface area (Å²) in [4.78, 5) is 27.9. The van der Waals surface area contributed by atoms with Crippen LogP contribution in [0.15, 0.2) is 52.4 Å². The minimum absolute atomic E-state index is 0.0877. The Morgan fingerprint density at radius 1 is 1.08 bits per heavy atom. The van der Waals surface area contributed by atoms with Gasteiger partial charge in [-0.1, -0.05) is 41.4 Å². The number of benzene rings is 3. The van der Waals surface area contributed by atoms with E-state index in [9.17, 15) is 9.59 Å². The molecule has 1 N–H and O–H groups in total. The van der Waals surface area contributed by atoms with Crippen molar-refractivity contribution in [3.63, 3.8) is 0 Å². The van der Waals surface area contributed by atoms with Crippen LogP contribution in [0, 0.1) is 6.92 Å². The van der Waals surface area contributed by atoms with Gasteiger partial charge in [0.15, 0.2) is 10.7 Å². The number of carbonyl (C=O) groups is 2. The highest BCUT2D eigenvalue weighted by atomic mass is 79.9. The molecule has 4 aromatic rings. The summed E-state index contributed by atoms with van der Waals surface area (Å²) in [5.74, 6) is -0.300. The Bertz CT molecular complexity index is 1480. The number of aryl methyl sites for hydroxylation is 1. The molecular formula is C27H25BrCl2N2O6S. The summed E-state index contributed by atoms with van der Waals surface area (Å²) in [6, 6.07) is 13.9. The number of esters is 2. The van der Waals surface area contributed by atoms with Gasteiger partial charge in [0.1, 0.15) is 11.3 Å². The molecule has 1 aromatic heterocycles. The molecule has 0 bridgehead atoms. The summed E-state index contributed by atoms with van der Waals surface area (Å²) >= 11 is 17.2. The maximum absolute atomic E-state index is 12.2. The fourth-order valence-electron chi connectivity index (χ4n) is 3.30. The number of para-hydroxylation sites is 1. The first-order valence-electron chi connectivity index (χ1n) is 11.5. The molecule has 3 aromatic carbocycles. The van der Waals surface area contributed by atoms with Crippen molar-refractivity contribution in [3.05, 3.63) is 79.2 Å². The van der Waals surface area contributed by atoms with Crippen molar-refractivity contribution in [1.29, 1.82) is 0 Å². The molecule has 206 valence electrons. The van der Waals surface area contributed by atoms with Crippen molar-refractivity contribution in [2.75, 3.05) is 32.9 Å². The summed E-state index contributed by atoms with van der Waals surface area (Å²) in [6.07, 6.45) is 0. The van der Waals surface area contributed by atoms with Crippen molar-refractivity contribution < 1.29 is 28.5 Å². The van der Waals surface area contributed by atoms with Crippen molar-refractivity contribution in [2.24, 2.45) is 0 Å². The van der Waals surface area contributed by atoms with Gasteiger partial charge in [-0.2, -0.15) is 0 Å². The molecule has 1 heterocycles. The zero-order chi connectivity index (χ0) is 28.5. The maximum Gasteiger partial charge on any atom is 0.342 e. The zero-order valence-electron chi connectivity index (χ0n) is 21.5. The van der Waals surface area contributed by atoms with Gasteiger partial charge in [-0.05, 0) is 65.7 Å². The number of hydrogen-bond acceptors (Lipinski definition) is 9. The molecule has 0 aliphatic carbocycles. The third-order valence-corrected chi connectivity index (χ3v) is 7.50. The van der Waals surface area contributed by atoms with Gasteiger partial charge >= 0.3 is 11.9 Å². The second kappa shape index (κ2) is 14.5. The lowest BCUT2D eigenvalue weighted by atomic mass is 10.1. The summed E-state index contributed by atoms with van der Waals surface area (Å²) in [6.45, 7) is 4.09. The standard InChI is InChI=1S/C17H17Cl2NO3.C10H8BrNO3S/c1-3-22-10-23-17(21)12-6-4-5-7-14(12)20-16-13(18)9-8-11(2)15(16)19;1-14-6-3-5(9(13)15-2)4-7-8(6)12-10(11)16-7/h4-9,20H,3,10H2,1-2H3;3-4H,1-2H3. The molecule has 12 heteroatoms. The topological polar surface area (TPSA) is 96.0 Å². The van der Waals surface area contributed by atoms with Crippen LogP contribution in [0.2, 0.25) is 10.0 Å². The average molecular weight is 656 g/mol. The van der Waals surface area contributed by atoms with Crippen LogP contribution in [0.1, 0.15) is 33.2 Å². The van der Waals surface area contributed by atoms with Gasteiger partial charge in [0.25, 0.3) is 0 Å². The summed E-state index contributed by atoms with van der Waals surface area (Å²) in [5, 5.41) is 4.10. The Kier molecular flexibility index (Phi) is 11.4. The van der Waals surface area contributed by atoms with Crippen molar-refractivity contribution in [1.82, 2.24) is 4.98 Å². The predicted molar refractivity (Wildman–Crippen MR) is 158 cm³/mol. The van der Waals surface area contributed by atoms with E-state index < -0.39 is 5.97 Å². The Labute approximate surface area is 248 Å². The molecule has 4 rings (SSSR count). The number of halogens is 3. The molecule has 0 saturated heterocycles. The van der Waals surface area contributed by atoms with Gasteiger partial charge in [0.05, 0.1) is 51.5 Å². The average Bonchev–Trinajstić information content (AvgIpc) is 3.33. The molecule has 0 amide bonds. The third kappa shape index (κ3) is 7.83. The van der Waals surface area contributed by atoms with E-state index in [4.69, 9.17) is 37.4 Å². The van der Waals surface area contributed by atoms with Crippen molar-refractivity contribution in [3.8, 4) is 5.75 Å². The number of nitrogens with zero attached hydrogens (tertiary/aromatic N) is 1. The number of rotatable bonds is 8. The van der Waals surface area contributed by atoms with Crippen LogP contribution in [0.4, 0.5) is 11.4 Å². The smallest absolute Gasteiger partial charge is 0.342 e. The first-order valence-corrected chi connectivity index (χ1v) is 13.8. The molecule has 8 nitrogen and oxygen atoms in total. The lowest BCUT2D eigenvalue weighted by molar-refractivity contribution is -0.0273. The van der Waals surface area contributed by atoms with Crippen LogP contribution in [0.5, 0.6) is 5.75 Å². The first kappa shape index (κ1) is 30.6. The molecule has 0 radical (unpaired) electrons. The molecule has 0 unspecified atom stereocenters. The molecule has 39 heavy (non-hydrogen) atoms. The highest BCUT2D eigenvalue weighted by molar-refractivity contribution is 9.11. The van der Waals surface area contributed by atoms with Crippen molar-refractivity contribution >= 4 is 84.0 Å². The van der Waals surface area contributed by atoms with E-state index in [0.29, 0.717) is 44.9 Å². The largest absolute Gasteiger partial charge is 0.494 e. The van der Waals surface area contributed by atoms with Crippen LogP contribution in [-0.4, -0.2) is 44.5 Å². The molecule has 0 fully saturated rings. The predicted octanol–water partition coefficient (Wildman–Crippen LogP) is 8.05. The molecule has 0 aliphatic heterocycles. The Morgan fingerprint density at radius 3 is 2.51 bits per heavy atom. The Hall–Kier alpha value is -2.89. The quantitative estimate of drug-likeness (QED) is 0.116. The van der Waals surface area contributed by atoms with E-state index in [-0.39, 0.29) is 12.8 Å². The van der Waals surface area contributed by atoms with Gasteiger partial charge in [0, 0.05) is 6.61 Å². The highest BCUT2D eigenvalue weighted by Crippen LogP contribution is 2.36. The third-order valence-electron chi connectivity index (χ3n) is 5.24. The SMILES string of the molecule is CCOCOC(=O)c1ccccc1Nc1c(Cl)ccc(C)c1Cl.COC(=O)c1cc(OC)c2nc(Br)sc2c1. The minimum Gasteiger partial charge on any atom is -0.494 e. The van der Waals surface area contributed by atoms with E-state index in [0.717, 1.165) is 19.7 Å². The Balaban J connectivity index is 0.000000230. The summed E-state index contributed by atoms with van der Waals surface area (Å²) in [7, 11) is 2.89. The number of nitrogens with one attached hydrogen (secondary N) is 1. The van der Waals surface area contributed by atoms with Crippen molar-refractivity contribution in [2.45, 2.75) is 13.8 Å². The monoisotopic (exact) mass is 654 g/mol. The fraction of sp³-hybridized carbons (Fsp3) is 0.222. The number of hydrogen-bond donors (Lipinski definition) is 1. The lowest BCUT2D eigenvalue weighted by Gasteiger charge is -2.15. The zero-order valence-corrected chi connectivity index (χ0v) is 25.4. The normalized spacial score (nSPS) is 10.4. The lowest BCUT2D eigenvalue weighted by Crippen LogP contribution is -2.11. The maximum atomic E-state index is 12.2. The van der Waals surface area contributed by atoms with Crippen LogP contribution in [0.25, 0.3) is 10.2 Å². The number of fused-ring (bicyclic) bond motifs is 1. The van der Waals surface area contributed by atoms with Crippen LogP contribution >= 0.6 is 50.5 Å². The van der Waals surface area contributed by atoms with Crippen LogP contribution < -0.4 is 10.1 Å². The number of carbonyl (C=O) groups excluding carboxylic acids is 2. The van der Waals surface area contributed by atoms with E-state index in [1.807, 2.05) is 19.9 Å². The van der Waals surface area contributed by atoms with Crippen LogP contribution in [-0.2, 0) is 14.2 Å². The molecule has 0 saturated carbocycles. The van der Waals surface area contributed by atoms with Gasteiger partial charge in [-0.3, -0.25) is 0 Å². The van der Waals surface area contributed by atoms with Crippen LogP contribution in [0.3, 0.4) is 0 Å². The minimum atomic E-state index is -0.485. The molecule has 0 spiro atoms. The Morgan fingerprint density at radius 2 is 1.82 bits per heavy atom. The fourth-order valence-corrected chi connectivity index (χ4v) is 5.21. The van der Waals surface area contributed by atoms with E-state index in [1.165, 1.54) is 18.4 Å². The summed E-state index contributed by atoms with van der Waals surface area (Å²) in [5.41, 5.74) is 3.58.